The van der Waals surface area contributed by atoms with E-state index in [0.29, 0.717) is 5.56 Å². The Morgan fingerprint density at radius 3 is 2.33 bits per heavy atom. The lowest BCUT2D eigenvalue weighted by Gasteiger charge is -2.14. The van der Waals surface area contributed by atoms with Crippen LogP contribution in [0.25, 0.3) is 6.08 Å². The number of hydrogen-bond donors (Lipinski definition) is 0. The number of methoxy groups -OCH3 is 2. The molecule has 2 aromatic rings. The van der Waals surface area contributed by atoms with Crippen LogP contribution in [0.5, 0.6) is 11.5 Å². The molecule has 160 valence electrons. The van der Waals surface area contributed by atoms with E-state index in [1.165, 1.54) is 58.7 Å². The van der Waals surface area contributed by atoms with Gasteiger partial charge in [0, 0.05) is 20.2 Å². The Bertz CT molecular complexity index is 1090. The fourth-order valence-corrected chi connectivity index (χ4v) is 3.41. The first-order valence-electron chi connectivity index (χ1n) is 8.48. The van der Waals surface area contributed by atoms with Gasteiger partial charge in [-0.25, -0.2) is 22.3 Å². The van der Waals surface area contributed by atoms with Crippen molar-refractivity contribution in [3.8, 4) is 11.5 Å². The number of hydrogen-bond acceptors (Lipinski definition) is 7. The van der Waals surface area contributed by atoms with Crippen LogP contribution in [0.1, 0.15) is 15.9 Å². The molecule has 10 heteroatoms. The smallest absolute Gasteiger partial charge is 0.345 e. The average molecular weight is 454 g/mol. The highest BCUT2D eigenvalue weighted by molar-refractivity contribution is 7.89. The van der Waals surface area contributed by atoms with E-state index in [2.05, 4.69) is 4.74 Å². The zero-order chi connectivity index (χ0) is 22.5. The van der Waals surface area contributed by atoms with Crippen molar-refractivity contribution in [3.05, 3.63) is 58.6 Å². The van der Waals surface area contributed by atoms with Crippen molar-refractivity contribution in [3.63, 3.8) is 0 Å². The number of rotatable bonds is 7. The third kappa shape index (κ3) is 5.38. The normalized spacial score (nSPS) is 11.5. The van der Waals surface area contributed by atoms with Gasteiger partial charge in [-0.05, 0) is 42.0 Å². The minimum atomic E-state index is -3.76. The number of carbonyl (C=O) groups is 2. The molecule has 0 saturated heterocycles. The molecule has 0 heterocycles. The van der Waals surface area contributed by atoms with E-state index in [0.717, 1.165) is 10.4 Å². The fraction of sp³-hybridized carbons (Fsp3) is 0.200. The maximum Gasteiger partial charge on any atom is 0.345 e. The summed E-state index contributed by atoms with van der Waals surface area (Å²) in [4.78, 5) is 23.8. The lowest BCUT2D eigenvalue weighted by molar-refractivity contribution is -0.134. The Morgan fingerprint density at radius 2 is 1.73 bits per heavy atom. The first kappa shape index (κ1) is 23.4. The lowest BCUT2D eigenvalue weighted by atomic mass is 10.2. The summed E-state index contributed by atoms with van der Waals surface area (Å²) in [5.74, 6) is -1.06. The van der Waals surface area contributed by atoms with Crippen molar-refractivity contribution in [2.75, 3.05) is 28.3 Å². The molecule has 0 aliphatic carbocycles. The monoisotopic (exact) mass is 453 g/mol. The van der Waals surface area contributed by atoms with Crippen LogP contribution in [0, 0.1) is 0 Å². The van der Waals surface area contributed by atoms with Crippen molar-refractivity contribution in [1.82, 2.24) is 4.31 Å². The van der Waals surface area contributed by atoms with E-state index < -0.39 is 22.0 Å². The first-order chi connectivity index (χ1) is 14.1. The molecule has 0 atom stereocenters. The van der Waals surface area contributed by atoms with Gasteiger partial charge in [0.25, 0.3) is 0 Å². The highest BCUT2D eigenvalue weighted by Gasteiger charge is 2.22. The summed E-state index contributed by atoms with van der Waals surface area (Å²) in [6.07, 6.45) is 2.74. The van der Waals surface area contributed by atoms with Crippen molar-refractivity contribution < 1.29 is 32.2 Å². The molecule has 2 rings (SSSR count). The van der Waals surface area contributed by atoms with Crippen LogP contribution in [0.3, 0.4) is 0 Å². The third-order valence-corrected chi connectivity index (χ3v) is 6.08. The third-order valence-electron chi connectivity index (χ3n) is 3.94. The summed E-state index contributed by atoms with van der Waals surface area (Å²) in [5.41, 5.74) is 0.491. The van der Waals surface area contributed by atoms with Crippen LogP contribution < -0.4 is 9.47 Å². The molecule has 0 bridgehead atoms. The van der Waals surface area contributed by atoms with Crippen LogP contribution in [0.4, 0.5) is 0 Å². The molecule has 0 aliphatic rings. The van der Waals surface area contributed by atoms with E-state index >= 15 is 0 Å². The highest BCUT2D eigenvalue weighted by atomic mass is 35.5. The second-order valence-corrected chi connectivity index (χ2v) is 8.64. The van der Waals surface area contributed by atoms with E-state index in [1.807, 2.05) is 0 Å². The Labute approximate surface area is 179 Å². The van der Waals surface area contributed by atoms with Crippen molar-refractivity contribution in [1.29, 1.82) is 0 Å². The Kier molecular flexibility index (Phi) is 7.60. The SMILES string of the molecule is COC(=O)/C=C/c1ccc(OC(=O)c2cc(S(=O)(=O)N(C)C)ccc2Cl)c(OC)c1. The molecule has 0 spiro atoms. The van der Waals surface area contributed by atoms with Crippen LogP contribution in [-0.2, 0) is 19.6 Å². The molecular formula is C20H20ClNO7S. The number of halogens is 1. The summed E-state index contributed by atoms with van der Waals surface area (Å²) in [5, 5.41) is 0.0364. The summed E-state index contributed by atoms with van der Waals surface area (Å²) in [6, 6.07) is 8.39. The number of esters is 2. The number of carbonyl (C=O) groups excluding carboxylic acids is 2. The van der Waals surface area contributed by atoms with Gasteiger partial charge >= 0.3 is 11.9 Å². The molecule has 0 aliphatic heterocycles. The average Bonchev–Trinajstić information content (AvgIpc) is 2.72. The summed E-state index contributed by atoms with van der Waals surface area (Å²) >= 11 is 6.08. The predicted octanol–water partition coefficient (Wildman–Crippen LogP) is 3.00. The molecule has 0 saturated carbocycles. The number of nitrogens with zero attached hydrogens (tertiary/aromatic N) is 1. The predicted molar refractivity (Wildman–Crippen MR) is 111 cm³/mol. The molecule has 0 radical (unpaired) electrons. The molecule has 30 heavy (non-hydrogen) atoms. The molecule has 2 aromatic carbocycles. The van der Waals surface area contributed by atoms with E-state index in [1.54, 1.807) is 12.1 Å². The summed E-state index contributed by atoms with van der Waals surface area (Å²) < 4.78 is 40.8. The maximum atomic E-state index is 12.6. The van der Waals surface area contributed by atoms with Gasteiger partial charge in [-0.2, -0.15) is 0 Å². The lowest BCUT2D eigenvalue weighted by Crippen LogP contribution is -2.22. The fourth-order valence-electron chi connectivity index (χ4n) is 2.29. The molecule has 0 unspecified atom stereocenters. The maximum absolute atomic E-state index is 12.6. The van der Waals surface area contributed by atoms with E-state index in [-0.39, 0.29) is 27.0 Å². The largest absolute Gasteiger partial charge is 0.493 e. The van der Waals surface area contributed by atoms with Crippen molar-refractivity contribution >= 4 is 39.6 Å². The molecule has 0 fully saturated rings. The topological polar surface area (TPSA) is 99.2 Å². The molecule has 0 N–H and O–H groups in total. The Hall–Kier alpha value is -2.88. The van der Waals surface area contributed by atoms with Crippen molar-refractivity contribution in [2.24, 2.45) is 0 Å². The zero-order valence-electron chi connectivity index (χ0n) is 16.7. The van der Waals surface area contributed by atoms with Gasteiger partial charge in [0.1, 0.15) is 0 Å². The first-order valence-corrected chi connectivity index (χ1v) is 10.3. The van der Waals surface area contributed by atoms with Gasteiger partial charge in [-0.1, -0.05) is 17.7 Å². The van der Waals surface area contributed by atoms with Crippen LogP contribution in [0.2, 0.25) is 5.02 Å². The number of benzene rings is 2. The second-order valence-electron chi connectivity index (χ2n) is 6.09. The second kappa shape index (κ2) is 9.75. The van der Waals surface area contributed by atoms with Crippen LogP contribution in [-0.4, -0.2) is 53.0 Å². The zero-order valence-corrected chi connectivity index (χ0v) is 18.3. The van der Waals surface area contributed by atoms with Crippen molar-refractivity contribution in [2.45, 2.75) is 4.90 Å². The van der Waals surface area contributed by atoms with Gasteiger partial charge in [0.15, 0.2) is 11.5 Å². The molecular weight excluding hydrogens is 434 g/mol. The van der Waals surface area contributed by atoms with Gasteiger partial charge in [0.05, 0.1) is 29.7 Å². The van der Waals surface area contributed by atoms with E-state index in [4.69, 9.17) is 21.1 Å². The summed E-state index contributed by atoms with van der Waals surface area (Å²) in [6.45, 7) is 0. The van der Waals surface area contributed by atoms with Gasteiger partial charge < -0.3 is 14.2 Å². The summed E-state index contributed by atoms with van der Waals surface area (Å²) in [7, 11) is 1.65. The minimum absolute atomic E-state index is 0.0364. The molecule has 0 aromatic heterocycles. The molecule has 0 amide bonds. The van der Waals surface area contributed by atoms with Crippen LogP contribution >= 0.6 is 11.6 Å². The quantitative estimate of drug-likeness (QED) is 0.361. The molecule has 8 nitrogen and oxygen atoms in total. The van der Waals surface area contributed by atoms with Gasteiger partial charge in [-0.3, -0.25) is 0 Å². The van der Waals surface area contributed by atoms with Crippen LogP contribution in [0.15, 0.2) is 47.4 Å². The highest BCUT2D eigenvalue weighted by Crippen LogP contribution is 2.31. The number of sulfonamides is 1. The van der Waals surface area contributed by atoms with E-state index in [9.17, 15) is 18.0 Å². The standard InChI is InChI=1S/C20H20ClNO7S/c1-22(2)30(25,26)14-7-8-16(21)15(12-14)20(24)29-17-9-5-13(11-18(17)27-3)6-10-19(23)28-4/h5-12H,1-4H3/b10-6+. The minimum Gasteiger partial charge on any atom is -0.493 e. The van der Waals surface area contributed by atoms with Gasteiger partial charge in [-0.15, -0.1) is 0 Å². The Balaban J connectivity index is 2.34. The Morgan fingerprint density at radius 1 is 1.03 bits per heavy atom. The number of ether oxygens (including phenoxy) is 3. The van der Waals surface area contributed by atoms with Gasteiger partial charge in [0.2, 0.25) is 10.0 Å².